The van der Waals surface area contributed by atoms with Crippen LogP contribution in [0.5, 0.6) is 5.75 Å². The second-order valence-corrected chi connectivity index (χ2v) is 20.2. The van der Waals surface area contributed by atoms with Crippen molar-refractivity contribution in [2.24, 2.45) is 11.3 Å². The van der Waals surface area contributed by atoms with Crippen molar-refractivity contribution in [3.8, 4) is 28.1 Å². The van der Waals surface area contributed by atoms with E-state index in [4.69, 9.17) is 14.5 Å². The van der Waals surface area contributed by atoms with E-state index in [2.05, 4.69) is 72.8 Å². The molecule has 8 rings (SSSR count). The van der Waals surface area contributed by atoms with Gasteiger partial charge in [-0.3, -0.25) is 24.2 Å². The minimum atomic E-state index is -1.18. The molecule has 17 nitrogen and oxygen atoms in total. The molecule has 0 saturated carbocycles. The number of benzene rings is 2. The molecule has 0 radical (unpaired) electrons. The number of nitroso groups, excluding NO2 is 1. The molecule has 2 saturated heterocycles. The van der Waals surface area contributed by atoms with Crippen LogP contribution in [0.2, 0.25) is 0 Å². The van der Waals surface area contributed by atoms with E-state index in [1.165, 1.54) is 16.1 Å². The fourth-order valence-electron chi connectivity index (χ4n) is 10.9. The Morgan fingerprint density at radius 3 is 2.61 bits per heavy atom. The van der Waals surface area contributed by atoms with E-state index in [0.29, 0.717) is 44.3 Å². The van der Waals surface area contributed by atoms with Gasteiger partial charge in [0.25, 0.3) is 11.9 Å². The number of nitrogens with zero attached hydrogens (tertiary/aromatic N) is 7. The third-order valence-corrected chi connectivity index (χ3v) is 14.3. The van der Waals surface area contributed by atoms with E-state index in [0.717, 1.165) is 68.1 Å². The third-order valence-electron chi connectivity index (χ3n) is 14.3. The minimum Gasteiger partial charge on any atom is -0.508 e. The number of aromatic nitrogens is 2. The van der Waals surface area contributed by atoms with E-state index in [1.54, 1.807) is 31.2 Å². The number of likely N-dealkylation sites (tertiary alicyclic amines) is 1. The summed E-state index contributed by atoms with van der Waals surface area (Å²) < 4.78 is 14.6. The summed E-state index contributed by atoms with van der Waals surface area (Å²) >= 11 is 0. The van der Waals surface area contributed by atoms with Crippen LogP contribution in [0.3, 0.4) is 0 Å². The first kappa shape index (κ1) is 49.1. The summed E-state index contributed by atoms with van der Waals surface area (Å²) in [5.41, 5.74) is 9.94. The van der Waals surface area contributed by atoms with Gasteiger partial charge in [0.15, 0.2) is 6.04 Å². The van der Waals surface area contributed by atoms with Crippen molar-refractivity contribution in [3.63, 3.8) is 0 Å². The number of phenols is 1. The van der Waals surface area contributed by atoms with Crippen LogP contribution in [0.25, 0.3) is 33.3 Å². The summed E-state index contributed by atoms with van der Waals surface area (Å²) in [6.45, 7) is 16.0. The number of carbonyl (C=O) groups is 4. The first-order valence-electron chi connectivity index (χ1n) is 24.3. The average Bonchev–Trinajstić information content (AvgIpc) is 3.95. The van der Waals surface area contributed by atoms with Gasteiger partial charge in [-0.25, -0.2) is 10.4 Å². The molecule has 69 heavy (non-hydrogen) atoms. The fraction of sp³-hybridized carbons (Fsp3) is 0.519. The lowest BCUT2D eigenvalue weighted by molar-refractivity contribution is -0.732. The predicted molar refractivity (Wildman–Crippen MR) is 263 cm³/mol. The Hall–Kier alpha value is -6.33. The lowest BCUT2D eigenvalue weighted by Crippen LogP contribution is -2.62. The van der Waals surface area contributed by atoms with Crippen molar-refractivity contribution >= 4 is 40.4 Å². The highest BCUT2D eigenvalue weighted by atomic mass is 16.5. The molecule has 0 aliphatic carbocycles. The zero-order valence-electron chi connectivity index (χ0n) is 41.3. The van der Waals surface area contributed by atoms with Gasteiger partial charge < -0.3 is 34.3 Å². The molecule has 5 atom stereocenters. The smallest absolute Gasteiger partial charge is 0.324 e. The monoisotopic (exact) mass is 947 g/mol. The second kappa shape index (κ2) is 19.9. The average molecular weight is 947 g/mol. The van der Waals surface area contributed by atoms with Crippen LogP contribution in [0.15, 0.2) is 61.3 Å². The Morgan fingerprint density at radius 2 is 1.88 bits per heavy atom. The van der Waals surface area contributed by atoms with Crippen molar-refractivity contribution in [1.82, 2.24) is 35.2 Å². The minimum absolute atomic E-state index is 0.0120. The number of carbonyl (C=O) groups excluding carboxylic acids is 4. The molecule has 2 fully saturated rings. The van der Waals surface area contributed by atoms with Gasteiger partial charge in [-0.2, -0.15) is 0 Å². The van der Waals surface area contributed by atoms with Gasteiger partial charge in [-0.05, 0) is 97.2 Å². The Morgan fingerprint density at radius 1 is 1.10 bits per heavy atom. The van der Waals surface area contributed by atoms with E-state index in [1.807, 2.05) is 32.2 Å². The van der Waals surface area contributed by atoms with Crippen molar-refractivity contribution in [2.75, 3.05) is 58.9 Å². The van der Waals surface area contributed by atoms with Crippen molar-refractivity contribution in [1.29, 1.82) is 0 Å². The number of nitrogens with one attached hydrogen (secondary N) is 2. The first-order chi connectivity index (χ1) is 32.9. The number of esters is 1. The Kier molecular flexibility index (Phi) is 14.2. The lowest BCUT2D eigenvalue weighted by atomic mass is 9.83. The van der Waals surface area contributed by atoms with E-state index >= 15 is 0 Å². The molecule has 368 valence electrons. The molecule has 2 aromatic carbocycles. The van der Waals surface area contributed by atoms with Gasteiger partial charge in [0.2, 0.25) is 11.8 Å². The molecule has 6 heterocycles. The summed E-state index contributed by atoms with van der Waals surface area (Å²) in [5, 5.41) is 18.1. The summed E-state index contributed by atoms with van der Waals surface area (Å²) in [4.78, 5) is 78.9. The third kappa shape index (κ3) is 9.80. The zero-order valence-corrected chi connectivity index (χ0v) is 41.3. The second-order valence-electron chi connectivity index (χ2n) is 20.2. The molecule has 17 heteroatoms. The number of anilines is 1. The number of hydrazine groups is 2. The van der Waals surface area contributed by atoms with E-state index in [9.17, 15) is 29.2 Å². The number of hydrogen-bond donors (Lipinski definition) is 3. The van der Waals surface area contributed by atoms with Crippen LogP contribution in [0, 0.1) is 16.2 Å². The number of fused-ring (bicyclic) bond motifs is 7. The Balaban J connectivity index is 1.21. The summed E-state index contributed by atoms with van der Waals surface area (Å²) in [7, 11) is 5.35. The summed E-state index contributed by atoms with van der Waals surface area (Å²) in [5.74, 6) is -1.27. The quantitative estimate of drug-likeness (QED) is 0.0764. The SMILES string of the molecule is C=CC(=O)N1CC[C@H]([N+](=O)N(C)[C@H](C(=O)N[C@H]2Cc3cc(O)cc(c3)-c3ccc4c(c3)c(c(-c3ccnc5c3[C@@H](OC)CCN5C)n4CC)CC(C)(C)COC(=O)[C@@H]3CCCN(N3)C2=O)C(C)C)C1. The standard InChI is InChI=1S/C52H67N9O8/c1-10-44(63)58-22-17-35(29-58)61(67)57(8)46(31(3)4)49(64)54-41-25-32-23-34(26-36(62)24-32)33-14-15-42-38(27-33)39(28-52(5,6)30-69-51(66)40-13-12-20-60(55-40)50(41)65)47(59(42)11-2)37-16-19-53-48-45(37)43(68-9)18-21-56(48)7/h10,14-16,19,23-24,26-27,31,35,40-41,43,46,55H,1,11-13,17-18,20-22,25,28-30H2,2-9H3,(H-,54,62,64)/p+1/t35-,40-,41-,43-,46-/m0/s1. The number of rotatable bonds is 10. The number of amides is 3. The maximum atomic E-state index is 14.8. The number of methoxy groups -OCH3 is 1. The molecule has 0 spiro atoms. The maximum Gasteiger partial charge on any atom is 0.324 e. The number of pyridine rings is 1. The van der Waals surface area contributed by atoms with Gasteiger partial charge in [0, 0.05) is 86.8 Å². The topological polar surface area (TPSA) is 182 Å². The zero-order chi connectivity index (χ0) is 49.5. The van der Waals surface area contributed by atoms with Gasteiger partial charge in [0.05, 0.1) is 36.9 Å². The molecular formula is C52H68N9O8+. The highest BCUT2D eigenvalue weighted by molar-refractivity contribution is 5.96. The van der Waals surface area contributed by atoms with E-state index < -0.39 is 47.4 Å². The Labute approximate surface area is 404 Å². The van der Waals surface area contributed by atoms with Gasteiger partial charge in [-0.15, -0.1) is 5.01 Å². The van der Waals surface area contributed by atoms with Crippen LogP contribution in [0.4, 0.5) is 5.82 Å². The highest BCUT2D eigenvalue weighted by Crippen LogP contribution is 2.46. The van der Waals surface area contributed by atoms with Crippen molar-refractivity contribution in [3.05, 3.63) is 82.9 Å². The Bertz CT molecular complexity index is 2660. The molecule has 3 N–H and O–H groups in total. The molecule has 4 aliphatic rings. The number of hydrogen-bond acceptors (Lipinski definition) is 11. The number of phenolic OH excluding ortho intramolecular Hbond substituents is 1. The van der Waals surface area contributed by atoms with E-state index in [-0.39, 0.29) is 49.8 Å². The van der Waals surface area contributed by atoms with Gasteiger partial charge >= 0.3 is 5.97 Å². The molecule has 3 amide bonds. The van der Waals surface area contributed by atoms with Crippen LogP contribution in [-0.2, 0) is 48.0 Å². The molecule has 0 unspecified atom stereocenters. The van der Waals surface area contributed by atoms with Gasteiger partial charge in [-0.1, -0.05) is 46.4 Å². The number of ether oxygens (including phenoxy) is 2. The molecule has 2 aromatic heterocycles. The maximum absolute atomic E-state index is 14.8. The number of aromatic hydroxyl groups is 1. The van der Waals surface area contributed by atoms with Gasteiger partial charge in [0.1, 0.15) is 28.5 Å². The summed E-state index contributed by atoms with van der Waals surface area (Å²) in [6.07, 6.45) is 5.62. The van der Waals surface area contributed by atoms with Crippen LogP contribution in [-0.4, -0.2) is 136 Å². The first-order valence-corrected chi connectivity index (χ1v) is 24.3. The largest absolute Gasteiger partial charge is 0.508 e. The molecule has 4 aromatic rings. The molecular weight excluding hydrogens is 879 g/mol. The van der Waals surface area contributed by atoms with Crippen molar-refractivity contribution < 1.29 is 38.6 Å². The fourth-order valence-corrected chi connectivity index (χ4v) is 10.9. The number of likely N-dealkylation sites (N-methyl/N-ethyl adjacent to an activating group) is 1. The molecule has 6 bridgehead atoms. The highest BCUT2D eigenvalue weighted by Gasteiger charge is 2.45. The number of cyclic esters (lactones) is 1. The predicted octanol–water partition coefficient (Wildman–Crippen LogP) is 5.71. The van der Waals surface area contributed by atoms with Crippen LogP contribution in [0.1, 0.15) is 83.1 Å². The normalized spacial score (nSPS) is 22.2. The van der Waals surface area contributed by atoms with Crippen molar-refractivity contribution in [2.45, 2.75) is 110 Å². The van der Waals surface area contributed by atoms with Crippen LogP contribution < -0.4 is 15.6 Å². The van der Waals surface area contributed by atoms with Crippen LogP contribution >= 0.6 is 0 Å². The molecule has 4 aliphatic heterocycles. The lowest BCUT2D eigenvalue weighted by Gasteiger charge is -2.36. The summed E-state index contributed by atoms with van der Waals surface area (Å²) in [6, 6.07) is 10.0. The number of aryl methyl sites for hydroxylation is 1.